The molecule has 0 aliphatic rings. The van der Waals surface area contributed by atoms with Crippen LogP contribution in [0.2, 0.25) is 0 Å². The van der Waals surface area contributed by atoms with Gasteiger partial charge in [0.1, 0.15) is 0 Å². The number of urea groups is 1. The molecule has 0 saturated heterocycles. The number of hydrogen-bond acceptors (Lipinski definition) is 4. The minimum atomic E-state index is -0.627. The van der Waals surface area contributed by atoms with E-state index >= 15 is 0 Å². The maximum Gasteiger partial charge on any atom is 0.316 e. The lowest BCUT2D eigenvalue weighted by atomic mass is 10.2. The van der Waals surface area contributed by atoms with E-state index in [1.807, 2.05) is 12.1 Å². The molecule has 7 nitrogen and oxygen atoms in total. The summed E-state index contributed by atoms with van der Waals surface area (Å²) >= 11 is 1.34. The van der Waals surface area contributed by atoms with Gasteiger partial charge < -0.3 is 21.3 Å². The summed E-state index contributed by atoms with van der Waals surface area (Å²) in [5.74, 6) is 0.0423. The fraction of sp³-hybridized carbons (Fsp3) is 0.211. The smallest absolute Gasteiger partial charge is 0.316 e. The van der Waals surface area contributed by atoms with Crippen molar-refractivity contribution in [3.63, 3.8) is 0 Å². The zero-order chi connectivity index (χ0) is 19.8. The molecule has 2 aromatic rings. The van der Waals surface area contributed by atoms with Crippen LogP contribution in [-0.4, -0.2) is 42.6 Å². The summed E-state index contributed by atoms with van der Waals surface area (Å²) in [6, 6.07) is 13.6. The van der Waals surface area contributed by atoms with Crippen molar-refractivity contribution in [2.24, 2.45) is 5.73 Å². The van der Waals surface area contributed by atoms with Gasteiger partial charge in [-0.25, -0.2) is 4.79 Å². The van der Waals surface area contributed by atoms with Crippen LogP contribution < -0.4 is 16.4 Å². The second-order valence-electron chi connectivity index (χ2n) is 5.94. The summed E-state index contributed by atoms with van der Waals surface area (Å²) in [6.45, 7) is 0.339. The number of amides is 4. The molecule has 0 bridgehead atoms. The molecule has 27 heavy (non-hydrogen) atoms. The number of nitrogens with one attached hydrogen (secondary N) is 2. The largest absolute Gasteiger partial charge is 0.351 e. The van der Waals surface area contributed by atoms with Gasteiger partial charge in [0.25, 0.3) is 5.91 Å². The Morgan fingerprint density at radius 1 is 1.04 bits per heavy atom. The molecule has 0 fully saturated rings. The maximum absolute atomic E-state index is 12.5. The quantitative estimate of drug-likeness (QED) is 0.635. The van der Waals surface area contributed by atoms with E-state index in [-0.39, 0.29) is 17.6 Å². The molecule has 8 heteroatoms. The van der Waals surface area contributed by atoms with Gasteiger partial charge in [0.2, 0.25) is 5.91 Å². The average molecular weight is 386 g/mol. The zero-order valence-corrected chi connectivity index (χ0v) is 16.0. The topological polar surface area (TPSA) is 105 Å². The van der Waals surface area contributed by atoms with E-state index in [2.05, 4.69) is 10.6 Å². The molecule has 0 aliphatic heterocycles. The standard InChI is InChI=1S/C19H22N4O3S/c1-23(2)17(24)12-27-16-6-4-3-5-15(16)18(25)21-11-13-7-9-14(10-8-13)22-19(20)26/h3-10H,11-12H2,1-2H3,(H,21,25)(H3,20,22,26). The molecule has 4 amide bonds. The van der Waals surface area contributed by atoms with E-state index in [9.17, 15) is 14.4 Å². The van der Waals surface area contributed by atoms with E-state index in [4.69, 9.17) is 5.73 Å². The molecule has 0 spiro atoms. The molecule has 0 heterocycles. The van der Waals surface area contributed by atoms with Crippen molar-refractivity contribution in [2.45, 2.75) is 11.4 Å². The molecule has 4 N–H and O–H groups in total. The molecule has 0 saturated carbocycles. The Labute approximate surface area is 162 Å². The normalized spacial score (nSPS) is 10.1. The van der Waals surface area contributed by atoms with Gasteiger partial charge in [-0.15, -0.1) is 11.8 Å². The van der Waals surface area contributed by atoms with Gasteiger partial charge >= 0.3 is 6.03 Å². The number of anilines is 1. The third kappa shape index (κ3) is 6.34. The molecule has 0 aromatic heterocycles. The molecular formula is C19H22N4O3S. The number of rotatable bonds is 7. The number of benzene rings is 2. The summed E-state index contributed by atoms with van der Waals surface area (Å²) in [6.07, 6.45) is 0. The van der Waals surface area contributed by atoms with Crippen molar-refractivity contribution in [2.75, 3.05) is 25.2 Å². The third-order valence-electron chi connectivity index (χ3n) is 3.66. The first-order chi connectivity index (χ1) is 12.9. The van der Waals surface area contributed by atoms with Crippen molar-refractivity contribution >= 4 is 35.3 Å². The van der Waals surface area contributed by atoms with E-state index < -0.39 is 6.03 Å². The lowest BCUT2D eigenvalue weighted by Gasteiger charge is -2.12. The fourth-order valence-electron chi connectivity index (χ4n) is 2.17. The Morgan fingerprint density at radius 2 is 1.70 bits per heavy atom. The van der Waals surface area contributed by atoms with Crippen molar-refractivity contribution in [3.8, 4) is 0 Å². The molecule has 2 rings (SSSR count). The van der Waals surface area contributed by atoms with Crippen LogP contribution in [0.1, 0.15) is 15.9 Å². The minimum absolute atomic E-state index is 0.0140. The first-order valence-electron chi connectivity index (χ1n) is 8.22. The van der Waals surface area contributed by atoms with Gasteiger partial charge in [0.05, 0.1) is 11.3 Å². The van der Waals surface area contributed by atoms with Gasteiger partial charge in [0.15, 0.2) is 0 Å². The maximum atomic E-state index is 12.5. The van der Waals surface area contributed by atoms with E-state index in [1.54, 1.807) is 50.5 Å². The summed E-state index contributed by atoms with van der Waals surface area (Å²) in [7, 11) is 3.40. The zero-order valence-electron chi connectivity index (χ0n) is 15.2. The second kappa shape index (κ2) is 9.63. The summed E-state index contributed by atoms with van der Waals surface area (Å²) in [5.41, 5.74) is 7.06. The highest BCUT2D eigenvalue weighted by Gasteiger charge is 2.13. The highest BCUT2D eigenvalue weighted by atomic mass is 32.2. The SMILES string of the molecule is CN(C)C(=O)CSc1ccccc1C(=O)NCc1ccc(NC(N)=O)cc1. The Bertz CT molecular complexity index is 822. The first-order valence-corrected chi connectivity index (χ1v) is 9.21. The van der Waals surface area contributed by atoms with Gasteiger partial charge in [0, 0.05) is 31.2 Å². The number of primary amides is 1. The van der Waals surface area contributed by atoms with Crippen LogP contribution >= 0.6 is 11.8 Å². The van der Waals surface area contributed by atoms with Gasteiger partial charge in [-0.05, 0) is 29.8 Å². The summed E-state index contributed by atoms with van der Waals surface area (Å²) < 4.78 is 0. The monoisotopic (exact) mass is 386 g/mol. The Kier molecular flexibility index (Phi) is 7.25. The summed E-state index contributed by atoms with van der Waals surface area (Å²) in [5, 5.41) is 5.35. The molecular weight excluding hydrogens is 364 g/mol. The number of carbonyl (C=O) groups excluding carboxylic acids is 3. The highest BCUT2D eigenvalue weighted by molar-refractivity contribution is 8.00. The predicted octanol–water partition coefficient (Wildman–Crippen LogP) is 2.29. The molecule has 2 aromatic carbocycles. The summed E-state index contributed by atoms with van der Waals surface area (Å²) in [4.78, 5) is 37.4. The molecule has 0 unspecified atom stereocenters. The number of nitrogens with two attached hydrogens (primary N) is 1. The third-order valence-corrected chi connectivity index (χ3v) is 4.71. The highest BCUT2D eigenvalue weighted by Crippen LogP contribution is 2.23. The second-order valence-corrected chi connectivity index (χ2v) is 6.96. The van der Waals surface area contributed by atoms with E-state index in [1.165, 1.54) is 16.7 Å². The van der Waals surface area contributed by atoms with Gasteiger partial charge in [-0.2, -0.15) is 0 Å². The minimum Gasteiger partial charge on any atom is -0.351 e. The van der Waals surface area contributed by atoms with Crippen molar-refractivity contribution in [1.29, 1.82) is 0 Å². The van der Waals surface area contributed by atoms with E-state index in [0.717, 1.165) is 10.5 Å². The number of nitrogens with zero attached hydrogens (tertiary/aromatic N) is 1. The van der Waals surface area contributed by atoms with Crippen molar-refractivity contribution in [3.05, 3.63) is 59.7 Å². The van der Waals surface area contributed by atoms with Crippen molar-refractivity contribution < 1.29 is 14.4 Å². The lowest BCUT2D eigenvalue weighted by molar-refractivity contribution is -0.125. The Morgan fingerprint density at radius 3 is 2.33 bits per heavy atom. The lowest BCUT2D eigenvalue weighted by Crippen LogP contribution is -2.25. The molecule has 142 valence electrons. The van der Waals surface area contributed by atoms with Crippen molar-refractivity contribution in [1.82, 2.24) is 10.2 Å². The van der Waals surface area contributed by atoms with Crippen LogP contribution in [0.25, 0.3) is 0 Å². The van der Waals surface area contributed by atoms with Crippen LogP contribution in [0.4, 0.5) is 10.5 Å². The fourth-order valence-corrected chi connectivity index (χ4v) is 3.20. The molecule has 0 atom stereocenters. The van der Waals surface area contributed by atoms with Crippen LogP contribution in [0.3, 0.4) is 0 Å². The van der Waals surface area contributed by atoms with Gasteiger partial charge in [-0.3, -0.25) is 9.59 Å². The van der Waals surface area contributed by atoms with Gasteiger partial charge in [-0.1, -0.05) is 24.3 Å². The van der Waals surface area contributed by atoms with Crippen LogP contribution in [0.5, 0.6) is 0 Å². The molecule has 0 radical (unpaired) electrons. The first kappa shape index (κ1) is 20.3. The molecule has 0 aliphatic carbocycles. The van der Waals surface area contributed by atoms with E-state index in [0.29, 0.717) is 17.8 Å². The van der Waals surface area contributed by atoms with Crippen LogP contribution in [0, 0.1) is 0 Å². The number of thioether (sulfide) groups is 1. The Hall–Kier alpha value is -3.00. The average Bonchev–Trinajstić information content (AvgIpc) is 2.65. The van der Waals surface area contributed by atoms with Crippen LogP contribution in [0.15, 0.2) is 53.4 Å². The number of carbonyl (C=O) groups is 3. The Balaban J connectivity index is 1.97. The van der Waals surface area contributed by atoms with Crippen LogP contribution in [-0.2, 0) is 11.3 Å². The predicted molar refractivity (Wildman–Crippen MR) is 107 cm³/mol. The number of hydrogen-bond donors (Lipinski definition) is 3.